The van der Waals surface area contributed by atoms with Gasteiger partial charge in [0, 0.05) is 37.1 Å². The first-order chi connectivity index (χ1) is 10.7. The Labute approximate surface area is 131 Å². The first kappa shape index (κ1) is 14.7. The highest BCUT2D eigenvalue weighted by molar-refractivity contribution is 5.96. The van der Waals surface area contributed by atoms with Gasteiger partial charge < -0.3 is 4.90 Å². The van der Waals surface area contributed by atoms with E-state index < -0.39 is 0 Å². The number of hydrogen-bond donors (Lipinski definition) is 0. The normalized spacial score (nSPS) is 13.5. The van der Waals surface area contributed by atoms with Crippen LogP contribution < -0.4 is 4.90 Å². The lowest BCUT2D eigenvalue weighted by Crippen LogP contribution is -2.38. The zero-order chi connectivity index (χ0) is 15.4. The smallest absolute Gasteiger partial charge is 0.241 e. The Morgan fingerprint density at radius 1 is 1.23 bits per heavy atom. The third-order valence-corrected chi connectivity index (χ3v) is 4.07. The third kappa shape index (κ3) is 3.34. The number of amides is 1. The van der Waals surface area contributed by atoms with Gasteiger partial charge in [-0.2, -0.15) is 0 Å². The lowest BCUT2D eigenvalue weighted by atomic mass is 10.2. The largest absolute Gasteiger partial charge is 0.311 e. The van der Waals surface area contributed by atoms with Gasteiger partial charge >= 0.3 is 0 Å². The molecule has 1 aromatic heterocycles. The first-order valence-corrected chi connectivity index (χ1v) is 7.71. The van der Waals surface area contributed by atoms with Gasteiger partial charge in [-0.15, -0.1) is 0 Å². The molecule has 4 nitrogen and oxygen atoms in total. The number of para-hydroxylation sites is 1. The summed E-state index contributed by atoms with van der Waals surface area (Å²) in [5.74, 6) is 0.175. The molecule has 1 aliphatic rings. The lowest BCUT2D eigenvalue weighted by Gasteiger charge is -2.22. The van der Waals surface area contributed by atoms with Crippen LogP contribution in [0.25, 0.3) is 0 Å². The molecular formula is C18H21N3O. The molecule has 2 aromatic rings. The van der Waals surface area contributed by atoms with Crippen LogP contribution in [0, 0.1) is 0 Å². The quantitative estimate of drug-likeness (QED) is 0.848. The summed E-state index contributed by atoms with van der Waals surface area (Å²) in [4.78, 5) is 20.8. The van der Waals surface area contributed by atoms with Crippen LogP contribution in [0.5, 0.6) is 0 Å². The van der Waals surface area contributed by atoms with Crippen molar-refractivity contribution in [2.45, 2.75) is 12.8 Å². The van der Waals surface area contributed by atoms with Crippen LogP contribution in [-0.4, -0.2) is 42.5 Å². The van der Waals surface area contributed by atoms with Crippen LogP contribution in [0.1, 0.15) is 11.3 Å². The van der Waals surface area contributed by atoms with E-state index in [1.165, 1.54) is 5.56 Å². The molecule has 0 fully saturated rings. The number of aromatic nitrogens is 1. The van der Waals surface area contributed by atoms with E-state index in [1.807, 2.05) is 54.5 Å². The molecule has 0 unspecified atom stereocenters. The van der Waals surface area contributed by atoms with Crippen LogP contribution in [0.2, 0.25) is 0 Å². The van der Waals surface area contributed by atoms with E-state index in [0.29, 0.717) is 6.54 Å². The molecule has 0 bridgehead atoms. The molecule has 0 radical (unpaired) electrons. The molecule has 4 heteroatoms. The fourth-order valence-electron chi connectivity index (χ4n) is 2.84. The monoisotopic (exact) mass is 295 g/mol. The predicted molar refractivity (Wildman–Crippen MR) is 87.9 cm³/mol. The molecule has 2 heterocycles. The van der Waals surface area contributed by atoms with Crippen LogP contribution in [0.15, 0.2) is 48.7 Å². The number of nitrogens with zero attached hydrogens (tertiary/aromatic N) is 3. The maximum atomic E-state index is 12.5. The molecule has 1 aromatic carbocycles. The molecule has 3 rings (SSSR count). The molecule has 22 heavy (non-hydrogen) atoms. The highest BCUT2D eigenvalue weighted by atomic mass is 16.2. The van der Waals surface area contributed by atoms with Gasteiger partial charge in [0.05, 0.1) is 6.54 Å². The zero-order valence-electron chi connectivity index (χ0n) is 12.9. The number of anilines is 1. The van der Waals surface area contributed by atoms with Crippen molar-refractivity contribution < 1.29 is 4.79 Å². The fourth-order valence-corrected chi connectivity index (χ4v) is 2.84. The van der Waals surface area contributed by atoms with Crippen molar-refractivity contribution >= 4 is 11.6 Å². The summed E-state index contributed by atoms with van der Waals surface area (Å²) in [6.45, 7) is 2.08. The van der Waals surface area contributed by atoms with Gasteiger partial charge in [0.2, 0.25) is 5.91 Å². The van der Waals surface area contributed by atoms with Crippen molar-refractivity contribution in [3.05, 3.63) is 59.9 Å². The van der Waals surface area contributed by atoms with E-state index in [-0.39, 0.29) is 5.91 Å². The third-order valence-electron chi connectivity index (χ3n) is 4.07. The van der Waals surface area contributed by atoms with Gasteiger partial charge in [-0.3, -0.25) is 14.7 Å². The summed E-state index contributed by atoms with van der Waals surface area (Å²) in [6.07, 6.45) is 3.63. The number of likely N-dealkylation sites (N-methyl/N-ethyl adjacent to an activating group) is 1. The summed E-state index contributed by atoms with van der Waals surface area (Å²) in [5, 5.41) is 0. The molecule has 1 amide bonds. The molecule has 0 saturated heterocycles. The molecule has 0 aliphatic carbocycles. The summed E-state index contributed by atoms with van der Waals surface area (Å²) >= 11 is 0. The van der Waals surface area contributed by atoms with E-state index in [4.69, 9.17) is 0 Å². The Morgan fingerprint density at radius 3 is 2.86 bits per heavy atom. The Hall–Kier alpha value is -2.20. The Bertz CT molecular complexity index is 642. The van der Waals surface area contributed by atoms with Crippen LogP contribution in [0.3, 0.4) is 0 Å². The van der Waals surface area contributed by atoms with Crippen LogP contribution in [-0.2, 0) is 17.6 Å². The highest BCUT2D eigenvalue weighted by Crippen LogP contribution is 2.27. The van der Waals surface area contributed by atoms with Crippen molar-refractivity contribution in [2.24, 2.45) is 0 Å². The summed E-state index contributed by atoms with van der Waals surface area (Å²) < 4.78 is 0. The zero-order valence-corrected chi connectivity index (χ0v) is 12.9. The van der Waals surface area contributed by atoms with Gasteiger partial charge in [0.25, 0.3) is 0 Å². The van der Waals surface area contributed by atoms with Gasteiger partial charge in [0.15, 0.2) is 0 Å². The van der Waals surface area contributed by atoms with Crippen molar-refractivity contribution in [1.82, 2.24) is 9.88 Å². The number of hydrogen-bond acceptors (Lipinski definition) is 3. The molecule has 0 saturated carbocycles. The number of rotatable bonds is 5. The van der Waals surface area contributed by atoms with Gasteiger partial charge in [-0.05, 0) is 37.2 Å². The minimum absolute atomic E-state index is 0.175. The summed E-state index contributed by atoms with van der Waals surface area (Å²) in [7, 11) is 1.99. The topological polar surface area (TPSA) is 36.4 Å². The van der Waals surface area contributed by atoms with E-state index in [0.717, 1.165) is 37.3 Å². The molecule has 0 atom stereocenters. The second kappa shape index (κ2) is 6.71. The minimum atomic E-state index is 0.175. The van der Waals surface area contributed by atoms with Crippen LogP contribution >= 0.6 is 0 Å². The van der Waals surface area contributed by atoms with E-state index in [1.54, 1.807) is 0 Å². The Balaban J connectivity index is 1.54. The van der Waals surface area contributed by atoms with Crippen molar-refractivity contribution in [3.63, 3.8) is 0 Å². The summed E-state index contributed by atoms with van der Waals surface area (Å²) in [5.41, 5.74) is 3.41. The maximum Gasteiger partial charge on any atom is 0.241 e. The van der Waals surface area contributed by atoms with Crippen molar-refractivity contribution in [2.75, 3.05) is 31.6 Å². The lowest BCUT2D eigenvalue weighted by molar-refractivity contribution is -0.119. The average molecular weight is 295 g/mol. The number of fused-ring (bicyclic) bond motifs is 1. The van der Waals surface area contributed by atoms with E-state index in [9.17, 15) is 4.79 Å². The Kier molecular flexibility index (Phi) is 4.49. The molecule has 0 N–H and O–H groups in total. The fraction of sp³-hybridized carbons (Fsp3) is 0.333. The molecule has 0 spiro atoms. The van der Waals surface area contributed by atoms with Gasteiger partial charge in [-0.1, -0.05) is 24.3 Å². The second-order valence-corrected chi connectivity index (χ2v) is 5.73. The highest BCUT2D eigenvalue weighted by Gasteiger charge is 2.24. The minimum Gasteiger partial charge on any atom is -0.311 e. The summed E-state index contributed by atoms with van der Waals surface area (Å²) in [6, 6.07) is 14.1. The number of pyridine rings is 1. The number of benzene rings is 1. The first-order valence-electron chi connectivity index (χ1n) is 7.71. The molecule has 1 aliphatic heterocycles. The maximum absolute atomic E-state index is 12.5. The average Bonchev–Trinajstić information content (AvgIpc) is 2.98. The number of carbonyl (C=O) groups is 1. The standard InChI is InChI=1S/C18H21N3O/c1-20(12-10-16-7-4-5-11-19-16)14-18(22)21-13-9-15-6-2-3-8-17(15)21/h2-8,11H,9-10,12-14H2,1H3. The SMILES string of the molecule is CN(CCc1ccccn1)CC(=O)N1CCc2ccccc21. The second-order valence-electron chi connectivity index (χ2n) is 5.73. The Morgan fingerprint density at radius 2 is 2.05 bits per heavy atom. The van der Waals surface area contributed by atoms with Gasteiger partial charge in [0.1, 0.15) is 0 Å². The van der Waals surface area contributed by atoms with Crippen molar-refractivity contribution in [3.8, 4) is 0 Å². The molecule has 114 valence electrons. The number of carbonyl (C=O) groups excluding carboxylic acids is 1. The van der Waals surface area contributed by atoms with Crippen molar-refractivity contribution in [1.29, 1.82) is 0 Å². The van der Waals surface area contributed by atoms with Gasteiger partial charge in [-0.25, -0.2) is 0 Å². The van der Waals surface area contributed by atoms with E-state index in [2.05, 4.69) is 16.0 Å². The molecular weight excluding hydrogens is 274 g/mol. The van der Waals surface area contributed by atoms with E-state index >= 15 is 0 Å². The predicted octanol–water partition coefficient (Wildman–Crippen LogP) is 2.15. The van der Waals surface area contributed by atoms with Crippen LogP contribution in [0.4, 0.5) is 5.69 Å².